The Balaban J connectivity index is 1.39. The standard InChI is InChI=1S/C21H23ClN4OS/c1-27-20-7-5-18(6-8-20)24-11-9-23(10-12-24)16-25-13-14-26(21(25)28)19-4-2-3-17(22)15-19/h2-8,13-15H,9-12,16H2,1H3. The van der Waals surface area contributed by atoms with Crippen LogP contribution in [0.15, 0.2) is 60.9 Å². The number of methoxy groups -OCH3 is 1. The molecule has 0 spiro atoms. The minimum Gasteiger partial charge on any atom is -0.497 e. The molecule has 1 saturated heterocycles. The largest absolute Gasteiger partial charge is 0.497 e. The molecule has 28 heavy (non-hydrogen) atoms. The van der Waals surface area contributed by atoms with Crippen LogP contribution in [-0.2, 0) is 6.67 Å². The van der Waals surface area contributed by atoms with E-state index in [0.29, 0.717) is 5.02 Å². The number of aromatic nitrogens is 2. The molecule has 1 fully saturated rings. The number of imidazole rings is 1. The summed E-state index contributed by atoms with van der Waals surface area (Å²) in [7, 11) is 1.69. The molecule has 1 aliphatic heterocycles. The number of rotatable bonds is 5. The summed E-state index contributed by atoms with van der Waals surface area (Å²) < 4.78 is 10.1. The molecule has 1 aromatic heterocycles. The molecule has 146 valence electrons. The van der Waals surface area contributed by atoms with Crippen LogP contribution in [0.2, 0.25) is 5.02 Å². The van der Waals surface area contributed by atoms with E-state index in [1.807, 2.05) is 53.4 Å². The zero-order valence-corrected chi connectivity index (χ0v) is 17.4. The molecule has 1 aliphatic rings. The van der Waals surface area contributed by atoms with Crippen LogP contribution >= 0.6 is 23.8 Å². The number of hydrogen-bond acceptors (Lipinski definition) is 4. The molecule has 0 atom stereocenters. The predicted molar refractivity (Wildman–Crippen MR) is 116 cm³/mol. The Labute approximate surface area is 175 Å². The van der Waals surface area contributed by atoms with Gasteiger partial charge in [-0.05, 0) is 54.7 Å². The van der Waals surface area contributed by atoms with Gasteiger partial charge >= 0.3 is 0 Å². The van der Waals surface area contributed by atoms with Gasteiger partial charge in [-0.2, -0.15) is 0 Å². The van der Waals surface area contributed by atoms with Crippen molar-refractivity contribution in [3.63, 3.8) is 0 Å². The number of halogens is 1. The van der Waals surface area contributed by atoms with Gasteiger partial charge in [0.05, 0.1) is 13.8 Å². The SMILES string of the molecule is COc1ccc(N2CCN(Cn3ccn(-c4cccc(Cl)c4)c3=S)CC2)cc1. The Morgan fingerprint density at radius 2 is 1.71 bits per heavy atom. The summed E-state index contributed by atoms with van der Waals surface area (Å²) in [5.41, 5.74) is 2.23. The molecule has 7 heteroatoms. The molecule has 2 heterocycles. The molecule has 0 radical (unpaired) electrons. The molecule has 0 unspecified atom stereocenters. The fourth-order valence-corrected chi connectivity index (χ4v) is 3.97. The molecule has 3 aromatic rings. The van der Waals surface area contributed by atoms with Crippen LogP contribution in [0.3, 0.4) is 0 Å². The zero-order valence-electron chi connectivity index (χ0n) is 15.8. The lowest BCUT2D eigenvalue weighted by atomic mass is 10.2. The lowest BCUT2D eigenvalue weighted by Gasteiger charge is -2.36. The second-order valence-electron chi connectivity index (χ2n) is 6.84. The van der Waals surface area contributed by atoms with Gasteiger partial charge in [0.15, 0.2) is 4.77 Å². The number of anilines is 1. The van der Waals surface area contributed by atoms with Crippen molar-refractivity contribution in [3.8, 4) is 11.4 Å². The van der Waals surface area contributed by atoms with E-state index in [1.165, 1.54) is 5.69 Å². The lowest BCUT2D eigenvalue weighted by molar-refractivity contribution is 0.204. The van der Waals surface area contributed by atoms with E-state index in [0.717, 1.165) is 49.1 Å². The van der Waals surface area contributed by atoms with E-state index in [4.69, 9.17) is 28.6 Å². The van der Waals surface area contributed by atoms with Gasteiger partial charge in [0.25, 0.3) is 0 Å². The fourth-order valence-electron chi connectivity index (χ4n) is 3.50. The van der Waals surface area contributed by atoms with Crippen molar-refractivity contribution in [3.05, 3.63) is 70.7 Å². The van der Waals surface area contributed by atoms with Gasteiger partial charge in [0.1, 0.15) is 5.75 Å². The second-order valence-corrected chi connectivity index (χ2v) is 7.65. The first-order valence-corrected chi connectivity index (χ1v) is 10.1. The summed E-state index contributed by atoms with van der Waals surface area (Å²) in [4.78, 5) is 4.84. The number of piperazine rings is 1. The van der Waals surface area contributed by atoms with Crippen molar-refractivity contribution >= 4 is 29.5 Å². The Hall–Kier alpha value is -2.28. The number of nitrogens with zero attached hydrogens (tertiary/aromatic N) is 4. The van der Waals surface area contributed by atoms with Gasteiger partial charge in [0, 0.05) is 55.0 Å². The molecule has 0 bridgehead atoms. The third kappa shape index (κ3) is 4.09. The maximum absolute atomic E-state index is 6.12. The van der Waals surface area contributed by atoms with E-state index >= 15 is 0 Å². The molecule has 0 saturated carbocycles. The summed E-state index contributed by atoms with van der Waals surface area (Å²) in [5, 5.41) is 0.710. The quantitative estimate of drug-likeness (QED) is 0.576. The molecule has 0 N–H and O–H groups in total. The summed E-state index contributed by atoms with van der Waals surface area (Å²) >= 11 is 11.8. The van der Waals surface area contributed by atoms with Crippen molar-refractivity contribution in [1.29, 1.82) is 0 Å². The maximum atomic E-state index is 6.12. The highest BCUT2D eigenvalue weighted by Crippen LogP contribution is 2.21. The van der Waals surface area contributed by atoms with Crippen LogP contribution in [0.25, 0.3) is 5.69 Å². The van der Waals surface area contributed by atoms with Crippen LogP contribution in [0, 0.1) is 4.77 Å². The van der Waals surface area contributed by atoms with Gasteiger partial charge in [-0.15, -0.1) is 0 Å². The average molecular weight is 415 g/mol. The Kier molecular flexibility index (Phi) is 5.71. The van der Waals surface area contributed by atoms with Gasteiger partial charge in [-0.1, -0.05) is 17.7 Å². The van der Waals surface area contributed by atoms with Crippen molar-refractivity contribution in [2.45, 2.75) is 6.67 Å². The predicted octanol–water partition coefficient (Wildman–Crippen LogP) is 4.45. The monoisotopic (exact) mass is 414 g/mol. The van der Waals surface area contributed by atoms with E-state index in [2.05, 4.69) is 26.5 Å². The normalized spacial score (nSPS) is 15.0. The molecule has 2 aromatic carbocycles. The van der Waals surface area contributed by atoms with Crippen LogP contribution in [0.5, 0.6) is 5.75 Å². The van der Waals surface area contributed by atoms with Gasteiger partial charge in [-0.3, -0.25) is 9.47 Å². The number of hydrogen-bond donors (Lipinski definition) is 0. The van der Waals surface area contributed by atoms with Crippen LogP contribution in [0.1, 0.15) is 0 Å². The first-order chi connectivity index (χ1) is 13.6. The van der Waals surface area contributed by atoms with E-state index < -0.39 is 0 Å². The maximum Gasteiger partial charge on any atom is 0.185 e. The first-order valence-electron chi connectivity index (χ1n) is 9.29. The van der Waals surface area contributed by atoms with Crippen molar-refractivity contribution < 1.29 is 4.74 Å². The molecular weight excluding hydrogens is 392 g/mol. The third-order valence-corrected chi connectivity index (χ3v) is 5.76. The van der Waals surface area contributed by atoms with Crippen molar-refractivity contribution in [2.75, 3.05) is 38.2 Å². The molecule has 5 nitrogen and oxygen atoms in total. The van der Waals surface area contributed by atoms with Crippen LogP contribution in [0.4, 0.5) is 5.69 Å². The summed E-state index contributed by atoms with van der Waals surface area (Å²) in [6.07, 6.45) is 4.04. The summed E-state index contributed by atoms with van der Waals surface area (Å²) in [5.74, 6) is 0.890. The topological polar surface area (TPSA) is 25.6 Å². The fraction of sp³-hybridized carbons (Fsp3) is 0.286. The van der Waals surface area contributed by atoms with Gasteiger partial charge < -0.3 is 14.2 Å². The molecule has 4 rings (SSSR count). The van der Waals surface area contributed by atoms with Gasteiger partial charge in [-0.25, -0.2) is 0 Å². The highest BCUT2D eigenvalue weighted by Gasteiger charge is 2.18. The Morgan fingerprint density at radius 3 is 2.39 bits per heavy atom. The lowest BCUT2D eigenvalue weighted by Crippen LogP contribution is -2.46. The minimum atomic E-state index is 0.710. The molecular formula is C21H23ClN4OS. The highest BCUT2D eigenvalue weighted by molar-refractivity contribution is 7.71. The first kappa shape index (κ1) is 19.1. The van der Waals surface area contributed by atoms with Crippen molar-refractivity contribution in [1.82, 2.24) is 14.0 Å². The summed E-state index contributed by atoms with van der Waals surface area (Å²) in [6, 6.07) is 16.0. The van der Waals surface area contributed by atoms with E-state index in [1.54, 1.807) is 7.11 Å². The zero-order chi connectivity index (χ0) is 19.5. The third-order valence-electron chi connectivity index (χ3n) is 5.10. The minimum absolute atomic E-state index is 0.710. The van der Waals surface area contributed by atoms with E-state index in [-0.39, 0.29) is 0 Å². The average Bonchev–Trinajstić information content (AvgIpc) is 3.09. The number of ether oxygens (including phenoxy) is 1. The van der Waals surface area contributed by atoms with Crippen LogP contribution < -0.4 is 9.64 Å². The number of benzene rings is 2. The Morgan fingerprint density at radius 1 is 0.964 bits per heavy atom. The highest BCUT2D eigenvalue weighted by atomic mass is 35.5. The van der Waals surface area contributed by atoms with Gasteiger partial charge in [0.2, 0.25) is 0 Å². The van der Waals surface area contributed by atoms with E-state index in [9.17, 15) is 0 Å². The van der Waals surface area contributed by atoms with Crippen LogP contribution in [-0.4, -0.2) is 47.3 Å². The smallest absolute Gasteiger partial charge is 0.185 e. The summed E-state index contributed by atoms with van der Waals surface area (Å²) in [6.45, 7) is 4.78. The molecule has 0 amide bonds. The Bertz CT molecular complexity index is 990. The second kappa shape index (κ2) is 8.39. The molecule has 0 aliphatic carbocycles. The van der Waals surface area contributed by atoms with Crippen molar-refractivity contribution in [2.24, 2.45) is 0 Å².